The Morgan fingerprint density at radius 3 is 2.78 bits per heavy atom. The first-order valence-corrected chi connectivity index (χ1v) is 7.38. The van der Waals surface area contributed by atoms with Crippen LogP contribution in [0, 0.1) is 0 Å². The first-order valence-electron chi connectivity index (χ1n) is 7.00. The number of H-pyrrole nitrogens is 2. The zero-order chi connectivity index (χ0) is 15.8. The highest BCUT2D eigenvalue weighted by molar-refractivity contribution is 6.30. The topological polar surface area (TPSA) is 74.4 Å². The molecule has 0 atom stereocenters. The summed E-state index contributed by atoms with van der Waals surface area (Å²) < 4.78 is 0. The van der Waals surface area contributed by atoms with Crippen LogP contribution in [-0.2, 0) is 0 Å². The van der Waals surface area contributed by atoms with Crippen LogP contribution < -0.4 is 5.69 Å². The first kappa shape index (κ1) is 13.7. The van der Waals surface area contributed by atoms with Gasteiger partial charge in [0.1, 0.15) is 0 Å². The quantitative estimate of drug-likeness (QED) is 0.591. The van der Waals surface area contributed by atoms with Crippen molar-refractivity contribution in [3.8, 4) is 22.5 Å². The monoisotopic (exact) mass is 322 g/mol. The molecule has 6 heteroatoms. The summed E-state index contributed by atoms with van der Waals surface area (Å²) in [5.41, 5.74) is 3.52. The van der Waals surface area contributed by atoms with Gasteiger partial charge in [-0.05, 0) is 35.9 Å². The maximum Gasteiger partial charge on any atom is 0.345 e. The molecule has 0 aliphatic rings. The van der Waals surface area contributed by atoms with Crippen molar-refractivity contribution in [2.45, 2.75) is 0 Å². The van der Waals surface area contributed by atoms with Crippen LogP contribution in [0.5, 0.6) is 0 Å². The van der Waals surface area contributed by atoms with E-state index in [1.54, 1.807) is 18.3 Å². The van der Waals surface area contributed by atoms with Gasteiger partial charge in [-0.15, -0.1) is 0 Å². The third-order valence-corrected chi connectivity index (χ3v) is 3.85. The lowest BCUT2D eigenvalue weighted by molar-refractivity contribution is 1.09. The van der Waals surface area contributed by atoms with Gasteiger partial charge in [0, 0.05) is 16.0 Å². The van der Waals surface area contributed by atoms with Crippen LogP contribution in [0.15, 0.2) is 59.5 Å². The maximum absolute atomic E-state index is 11.9. The molecular formula is C17H11ClN4O. The standard InChI is InChI=1S/C17H11ClN4O/c18-13-3-1-2-10(7-13)15-8-16(21-17(23)20-15)11-4-5-14-12(6-11)9-19-22-14/h1-9H,(H,19,22)(H,20,21,23). The van der Waals surface area contributed by atoms with Gasteiger partial charge in [0.05, 0.1) is 23.1 Å². The van der Waals surface area contributed by atoms with Crippen molar-refractivity contribution in [1.82, 2.24) is 20.2 Å². The first-order chi connectivity index (χ1) is 11.2. The minimum Gasteiger partial charge on any atom is -0.305 e. The molecule has 0 radical (unpaired) electrons. The van der Waals surface area contributed by atoms with Gasteiger partial charge < -0.3 is 4.98 Å². The number of aromatic amines is 2. The Morgan fingerprint density at radius 1 is 1.00 bits per heavy atom. The van der Waals surface area contributed by atoms with Gasteiger partial charge in [0.25, 0.3) is 0 Å². The van der Waals surface area contributed by atoms with E-state index in [0.29, 0.717) is 16.4 Å². The molecule has 0 spiro atoms. The molecule has 0 saturated carbocycles. The van der Waals surface area contributed by atoms with Gasteiger partial charge >= 0.3 is 5.69 Å². The molecule has 2 aromatic heterocycles. The lowest BCUT2D eigenvalue weighted by atomic mass is 10.1. The fourth-order valence-corrected chi connectivity index (χ4v) is 2.71. The summed E-state index contributed by atoms with van der Waals surface area (Å²) in [6.07, 6.45) is 1.75. The van der Waals surface area contributed by atoms with Crippen LogP contribution in [-0.4, -0.2) is 20.2 Å². The number of nitrogens with zero attached hydrogens (tertiary/aromatic N) is 2. The Balaban J connectivity index is 1.87. The normalized spacial score (nSPS) is 11.0. The SMILES string of the molecule is O=c1nc(-c2cccc(Cl)c2)cc(-c2ccc3[nH]ncc3c2)[nH]1. The molecule has 0 bridgehead atoms. The smallest absolute Gasteiger partial charge is 0.305 e. The van der Waals surface area contributed by atoms with Gasteiger partial charge in [0.2, 0.25) is 0 Å². The van der Waals surface area contributed by atoms with Crippen LogP contribution in [0.3, 0.4) is 0 Å². The Hall–Kier alpha value is -2.92. The highest BCUT2D eigenvalue weighted by Gasteiger charge is 2.07. The lowest BCUT2D eigenvalue weighted by Gasteiger charge is -2.05. The molecule has 0 unspecified atom stereocenters. The van der Waals surface area contributed by atoms with Crippen molar-refractivity contribution in [3.63, 3.8) is 0 Å². The summed E-state index contributed by atoms with van der Waals surface area (Å²) in [6.45, 7) is 0. The van der Waals surface area contributed by atoms with Crippen molar-refractivity contribution in [2.24, 2.45) is 0 Å². The molecule has 23 heavy (non-hydrogen) atoms. The third kappa shape index (κ3) is 2.62. The maximum atomic E-state index is 11.9. The van der Waals surface area contributed by atoms with E-state index in [1.165, 1.54) is 0 Å². The van der Waals surface area contributed by atoms with Crippen LogP contribution in [0.1, 0.15) is 0 Å². The van der Waals surface area contributed by atoms with Crippen LogP contribution >= 0.6 is 11.6 Å². The van der Waals surface area contributed by atoms with Gasteiger partial charge in [-0.2, -0.15) is 10.1 Å². The zero-order valence-electron chi connectivity index (χ0n) is 11.9. The summed E-state index contributed by atoms with van der Waals surface area (Å²) in [7, 11) is 0. The molecule has 0 aliphatic heterocycles. The van der Waals surface area contributed by atoms with Crippen molar-refractivity contribution < 1.29 is 0 Å². The Kier molecular flexibility index (Phi) is 3.20. The average Bonchev–Trinajstić information content (AvgIpc) is 3.02. The predicted octanol–water partition coefficient (Wildman–Crippen LogP) is 3.63. The van der Waals surface area contributed by atoms with E-state index in [0.717, 1.165) is 22.0 Å². The molecule has 2 N–H and O–H groups in total. The fourth-order valence-electron chi connectivity index (χ4n) is 2.52. The number of nitrogens with one attached hydrogen (secondary N) is 2. The van der Waals surface area contributed by atoms with E-state index in [-0.39, 0.29) is 0 Å². The molecule has 0 aliphatic carbocycles. The van der Waals surface area contributed by atoms with E-state index in [4.69, 9.17) is 11.6 Å². The highest BCUT2D eigenvalue weighted by Crippen LogP contribution is 2.25. The Morgan fingerprint density at radius 2 is 1.91 bits per heavy atom. The average molecular weight is 323 g/mol. The Labute approximate surface area is 136 Å². The van der Waals surface area contributed by atoms with Gasteiger partial charge in [-0.3, -0.25) is 5.10 Å². The molecule has 0 amide bonds. The minimum absolute atomic E-state index is 0.398. The number of fused-ring (bicyclic) bond motifs is 1. The minimum atomic E-state index is -0.398. The van der Waals surface area contributed by atoms with E-state index >= 15 is 0 Å². The van der Waals surface area contributed by atoms with E-state index < -0.39 is 5.69 Å². The molecule has 112 valence electrons. The van der Waals surface area contributed by atoms with E-state index in [9.17, 15) is 4.79 Å². The lowest BCUT2D eigenvalue weighted by Crippen LogP contribution is -2.11. The van der Waals surface area contributed by atoms with Crippen LogP contribution in [0.2, 0.25) is 5.02 Å². The largest absolute Gasteiger partial charge is 0.345 e. The second kappa shape index (κ2) is 5.37. The molecule has 2 heterocycles. The zero-order valence-corrected chi connectivity index (χ0v) is 12.6. The summed E-state index contributed by atoms with van der Waals surface area (Å²) in [6, 6.07) is 14.9. The highest BCUT2D eigenvalue weighted by atomic mass is 35.5. The number of aromatic nitrogens is 4. The second-order valence-corrected chi connectivity index (χ2v) is 5.60. The summed E-state index contributed by atoms with van der Waals surface area (Å²) >= 11 is 6.02. The van der Waals surface area contributed by atoms with Crippen molar-refractivity contribution in [3.05, 3.63) is 70.2 Å². The van der Waals surface area contributed by atoms with Crippen LogP contribution in [0.25, 0.3) is 33.4 Å². The molecule has 4 aromatic rings. The molecule has 4 rings (SSSR count). The molecule has 5 nitrogen and oxygen atoms in total. The molecular weight excluding hydrogens is 312 g/mol. The number of rotatable bonds is 2. The van der Waals surface area contributed by atoms with Crippen molar-refractivity contribution in [2.75, 3.05) is 0 Å². The van der Waals surface area contributed by atoms with Gasteiger partial charge in [0.15, 0.2) is 0 Å². The molecule has 2 aromatic carbocycles. The second-order valence-electron chi connectivity index (χ2n) is 5.17. The number of hydrogen-bond acceptors (Lipinski definition) is 3. The van der Waals surface area contributed by atoms with Crippen molar-refractivity contribution >= 4 is 22.5 Å². The van der Waals surface area contributed by atoms with E-state index in [2.05, 4.69) is 20.2 Å². The van der Waals surface area contributed by atoms with Gasteiger partial charge in [-0.1, -0.05) is 29.8 Å². The Bertz CT molecular complexity index is 1070. The van der Waals surface area contributed by atoms with E-state index in [1.807, 2.05) is 36.4 Å². The number of hydrogen-bond donors (Lipinski definition) is 2. The number of benzene rings is 2. The summed E-state index contributed by atoms with van der Waals surface area (Å²) in [4.78, 5) is 18.7. The summed E-state index contributed by atoms with van der Waals surface area (Å²) in [5, 5.41) is 8.49. The van der Waals surface area contributed by atoms with Crippen molar-refractivity contribution in [1.29, 1.82) is 0 Å². The number of halogens is 1. The predicted molar refractivity (Wildman–Crippen MR) is 90.4 cm³/mol. The molecule has 0 fully saturated rings. The fraction of sp³-hybridized carbons (Fsp3) is 0. The van der Waals surface area contributed by atoms with Gasteiger partial charge in [-0.25, -0.2) is 4.79 Å². The third-order valence-electron chi connectivity index (χ3n) is 3.62. The summed E-state index contributed by atoms with van der Waals surface area (Å²) in [5.74, 6) is 0. The molecule has 0 saturated heterocycles. The van der Waals surface area contributed by atoms with Crippen LogP contribution in [0.4, 0.5) is 0 Å².